The fourth-order valence-electron chi connectivity index (χ4n) is 3.16. The van der Waals surface area contributed by atoms with Crippen LogP contribution in [0.2, 0.25) is 0 Å². The SMILES string of the molecule is CCc1ccccc1Nc1nc(C)c(C(=O)NCCc2ccc(OC)c(OC)c2)s1. The van der Waals surface area contributed by atoms with E-state index in [4.69, 9.17) is 9.47 Å². The standard InChI is InChI=1S/C23H27N3O3S/c1-5-17-8-6-7-9-18(17)26-23-25-15(2)21(30-23)22(27)24-13-12-16-10-11-19(28-3)20(14-16)29-4/h6-11,14H,5,12-13H2,1-4H3,(H,24,27)(H,25,26). The zero-order valence-corrected chi connectivity index (χ0v) is 18.6. The van der Waals surface area contributed by atoms with Gasteiger partial charge in [0.2, 0.25) is 0 Å². The Balaban J connectivity index is 1.61. The maximum Gasteiger partial charge on any atom is 0.263 e. The van der Waals surface area contributed by atoms with Crippen LogP contribution in [-0.4, -0.2) is 31.7 Å². The summed E-state index contributed by atoms with van der Waals surface area (Å²) in [5.41, 5.74) is 4.02. The maximum absolute atomic E-state index is 12.7. The van der Waals surface area contributed by atoms with Gasteiger partial charge in [-0.15, -0.1) is 0 Å². The third kappa shape index (κ3) is 5.10. The van der Waals surface area contributed by atoms with Crippen LogP contribution in [-0.2, 0) is 12.8 Å². The number of ether oxygens (including phenoxy) is 2. The van der Waals surface area contributed by atoms with Gasteiger partial charge >= 0.3 is 0 Å². The first kappa shape index (κ1) is 21.6. The number of hydrogen-bond donors (Lipinski definition) is 2. The first-order valence-electron chi connectivity index (χ1n) is 9.87. The Kier molecular flexibility index (Phi) is 7.30. The smallest absolute Gasteiger partial charge is 0.263 e. The number of rotatable bonds is 9. The summed E-state index contributed by atoms with van der Waals surface area (Å²) in [6, 6.07) is 13.9. The van der Waals surface area contributed by atoms with E-state index in [1.807, 2.05) is 43.3 Å². The average molecular weight is 426 g/mol. The van der Waals surface area contributed by atoms with Gasteiger partial charge in [0, 0.05) is 12.2 Å². The average Bonchev–Trinajstić information content (AvgIpc) is 3.13. The summed E-state index contributed by atoms with van der Waals surface area (Å²) < 4.78 is 10.6. The van der Waals surface area contributed by atoms with Crippen LogP contribution in [0.25, 0.3) is 0 Å². The number of nitrogens with zero attached hydrogens (tertiary/aromatic N) is 1. The van der Waals surface area contributed by atoms with E-state index in [1.54, 1.807) is 14.2 Å². The molecular formula is C23H27N3O3S. The molecule has 30 heavy (non-hydrogen) atoms. The molecule has 0 atom stereocenters. The fraction of sp³-hybridized carbons (Fsp3) is 0.304. The lowest BCUT2D eigenvalue weighted by molar-refractivity contribution is 0.0957. The molecule has 0 saturated carbocycles. The predicted molar refractivity (Wildman–Crippen MR) is 122 cm³/mol. The number of nitrogens with one attached hydrogen (secondary N) is 2. The van der Waals surface area contributed by atoms with E-state index in [9.17, 15) is 4.79 Å². The van der Waals surface area contributed by atoms with Gasteiger partial charge < -0.3 is 20.1 Å². The first-order valence-corrected chi connectivity index (χ1v) is 10.7. The van der Waals surface area contributed by atoms with Crippen LogP contribution in [0.5, 0.6) is 11.5 Å². The van der Waals surface area contributed by atoms with Gasteiger partial charge in [-0.2, -0.15) is 0 Å². The minimum atomic E-state index is -0.109. The van der Waals surface area contributed by atoms with Gasteiger partial charge in [0.25, 0.3) is 5.91 Å². The second-order valence-electron chi connectivity index (χ2n) is 6.76. The van der Waals surface area contributed by atoms with Gasteiger partial charge in [-0.25, -0.2) is 4.98 Å². The van der Waals surface area contributed by atoms with Crippen molar-refractivity contribution < 1.29 is 14.3 Å². The van der Waals surface area contributed by atoms with Crippen LogP contribution in [0.15, 0.2) is 42.5 Å². The van der Waals surface area contributed by atoms with E-state index < -0.39 is 0 Å². The molecule has 1 amide bonds. The number of amides is 1. The van der Waals surface area contributed by atoms with Gasteiger partial charge in [-0.3, -0.25) is 4.79 Å². The monoisotopic (exact) mass is 425 g/mol. The first-order chi connectivity index (χ1) is 14.5. The van der Waals surface area contributed by atoms with E-state index in [1.165, 1.54) is 16.9 Å². The molecular weight excluding hydrogens is 398 g/mol. The number of aryl methyl sites for hydroxylation is 2. The third-order valence-corrected chi connectivity index (χ3v) is 5.86. The molecule has 0 unspecified atom stereocenters. The molecule has 2 N–H and O–H groups in total. The summed E-state index contributed by atoms with van der Waals surface area (Å²) in [5, 5.41) is 7.05. The van der Waals surface area contributed by atoms with Crippen LogP contribution in [0.1, 0.15) is 33.4 Å². The highest BCUT2D eigenvalue weighted by Crippen LogP contribution is 2.29. The topological polar surface area (TPSA) is 72.5 Å². The molecule has 1 heterocycles. The Hall–Kier alpha value is -3.06. The van der Waals surface area contributed by atoms with Crippen molar-refractivity contribution in [2.75, 3.05) is 26.1 Å². The molecule has 0 fully saturated rings. The normalized spacial score (nSPS) is 10.5. The molecule has 0 bridgehead atoms. The van der Waals surface area contributed by atoms with E-state index in [0.29, 0.717) is 29.3 Å². The number of anilines is 2. The highest BCUT2D eigenvalue weighted by molar-refractivity contribution is 7.17. The van der Waals surface area contributed by atoms with Crippen molar-refractivity contribution in [3.05, 3.63) is 64.2 Å². The van der Waals surface area contributed by atoms with Crippen LogP contribution in [0.3, 0.4) is 0 Å². The van der Waals surface area contributed by atoms with Crippen LogP contribution >= 0.6 is 11.3 Å². The van der Waals surface area contributed by atoms with Crippen LogP contribution in [0, 0.1) is 6.92 Å². The van der Waals surface area contributed by atoms with Crippen LogP contribution < -0.4 is 20.1 Å². The lowest BCUT2D eigenvalue weighted by Crippen LogP contribution is -2.25. The van der Waals surface area contributed by atoms with E-state index in [0.717, 1.165) is 28.5 Å². The van der Waals surface area contributed by atoms with E-state index in [2.05, 4.69) is 28.6 Å². The zero-order chi connectivity index (χ0) is 21.5. The molecule has 0 radical (unpaired) electrons. The number of benzene rings is 2. The molecule has 2 aromatic carbocycles. The maximum atomic E-state index is 12.7. The van der Waals surface area contributed by atoms with E-state index in [-0.39, 0.29) is 5.91 Å². The van der Waals surface area contributed by atoms with Gasteiger partial charge in [-0.05, 0) is 49.1 Å². The number of carbonyl (C=O) groups excluding carboxylic acids is 1. The summed E-state index contributed by atoms with van der Waals surface area (Å²) in [6.07, 6.45) is 1.62. The number of thiazole rings is 1. The third-order valence-electron chi connectivity index (χ3n) is 4.79. The van der Waals surface area contributed by atoms with Crippen molar-refractivity contribution in [2.24, 2.45) is 0 Å². The second kappa shape index (κ2) is 10.1. The predicted octanol–water partition coefficient (Wildman–Crippen LogP) is 4.75. The Bertz CT molecular complexity index is 1020. The highest BCUT2D eigenvalue weighted by Gasteiger charge is 2.16. The lowest BCUT2D eigenvalue weighted by atomic mass is 10.1. The van der Waals surface area contributed by atoms with Crippen molar-refractivity contribution >= 4 is 28.1 Å². The summed E-state index contributed by atoms with van der Waals surface area (Å²) in [7, 11) is 3.22. The number of aromatic nitrogens is 1. The summed E-state index contributed by atoms with van der Waals surface area (Å²) in [6.45, 7) is 4.49. The van der Waals surface area contributed by atoms with Gasteiger partial charge in [0.1, 0.15) is 4.88 Å². The zero-order valence-electron chi connectivity index (χ0n) is 17.7. The number of carbonyl (C=O) groups is 1. The molecule has 0 aliphatic heterocycles. The Labute approximate surface area is 181 Å². The Morgan fingerprint density at radius 1 is 1.10 bits per heavy atom. The van der Waals surface area contributed by atoms with Crippen molar-refractivity contribution in [3.63, 3.8) is 0 Å². The molecule has 1 aromatic heterocycles. The number of hydrogen-bond acceptors (Lipinski definition) is 6. The van der Waals surface area contributed by atoms with Crippen molar-refractivity contribution in [2.45, 2.75) is 26.7 Å². The van der Waals surface area contributed by atoms with Crippen molar-refractivity contribution in [3.8, 4) is 11.5 Å². The van der Waals surface area contributed by atoms with Crippen LogP contribution in [0.4, 0.5) is 10.8 Å². The number of para-hydroxylation sites is 1. The highest BCUT2D eigenvalue weighted by atomic mass is 32.1. The Morgan fingerprint density at radius 2 is 1.87 bits per heavy atom. The molecule has 6 nitrogen and oxygen atoms in total. The summed E-state index contributed by atoms with van der Waals surface area (Å²) in [4.78, 5) is 17.8. The Morgan fingerprint density at radius 3 is 2.60 bits per heavy atom. The van der Waals surface area contributed by atoms with Gasteiger partial charge in [0.05, 0.1) is 19.9 Å². The molecule has 0 aliphatic carbocycles. The minimum absolute atomic E-state index is 0.109. The van der Waals surface area contributed by atoms with Gasteiger partial charge in [-0.1, -0.05) is 42.5 Å². The molecule has 0 aliphatic rings. The molecule has 158 valence electrons. The van der Waals surface area contributed by atoms with Gasteiger partial charge in [0.15, 0.2) is 16.6 Å². The largest absolute Gasteiger partial charge is 0.493 e. The van der Waals surface area contributed by atoms with E-state index >= 15 is 0 Å². The summed E-state index contributed by atoms with van der Waals surface area (Å²) >= 11 is 1.37. The quantitative estimate of drug-likeness (QED) is 0.518. The minimum Gasteiger partial charge on any atom is -0.493 e. The summed E-state index contributed by atoms with van der Waals surface area (Å²) in [5.74, 6) is 1.26. The van der Waals surface area contributed by atoms with Crippen molar-refractivity contribution in [1.82, 2.24) is 10.3 Å². The molecule has 0 saturated heterocycles. The molecule has 7 heteroatoms. The molecule has 3 aromatic rings. The van der Waals surface area contributed by atoms with Crippen molar-refractivity contribution in [1.29, 1.82) is 0 Å². The second-order valence-corrected chi connectivity index (χ2v) is 7.76. The lowest BCUT2D eigenvalue weighted by Gasteiger charge is -2.10. The number of methoxy groups -OCH3 is 2. The fourth-order valence-corrected chi connectivity index (χ4v) is 4.06. The molecule has 3 rings (SSSR count). The molecule has 0 spiro atoms.